The summed E-state index contributed by atoms with van der Waals surface area (Å²) in [6.45, 7) is 3.19. The summed E-state index contributed by atoms with van der Waals surface area (Å²) in [7, 11) is 0. The summed E-state index contributed by atoms with van der Waals surface area (Å²) in [6.07, 6.45) is 0. The van der Waals surface area contributed by atoms with Crippen LogP contribution in [-0.2, 0) is 13.1 Å². The van der Waals surface area contributed by atoms with Crippen molar-refractivity contribution in [2.75, 3.05) is 4.90 Å². The molecule has 3 heteroatoms. The number of ketones is 2. The second-order valence-corrected chi connectivity index (χ2v) is 8.19. The smallest absolute Gasteiger partial charge is 0.173 e. The molecule has 0 amide bonds. The predicted molar refractivity (Wildman–Crippen MR) is 133 cm³/mol. The molecule has 0 heterocycles. The highest BCUT2D eigenvalue weighted by Crippen LogP contribution is 2.23. The van der Waals surface area contributed by atoms with Crippen molar-refractivity contribution >= 4 is 17.3 Å². The molecule has 0 radical (unpaired) electrons. The Labute approximate surface area is 195 Å². The molecular weight excluding hydrogens is 406 g/mol. The molecule has 4 aromatic rings. The lowest BCUT2D eigenvalue weighted by Crippen LogP contribution is -2.23. The van der Waals surface area contributed by atoms with Crippen molar-refractivity contribution in [2.24, 2.45) is 5.92 Å². The van der Waals surface area contributed by atoms with Crippen LogP contribution < -0.4 is 4.90 Å². The fourth-order valence-electron chi connectivity index (χ4n) is 3.90. The number of hydrogen-bond donors (Lipinski definition) is 0. The quantitative estimate of drug-likeness (QED) is 0.221. The molecule has 0 spiro atoms. The molecule has 0 bridgehead atoms. The van der Waals surface area contributed by atoms with Crippen molar-refractivity contribution in [2.45, 2.75) is 20.0 Å². The Kier molecular flexibility index (Phi) is 7.11. The van der Waals surface area contributed by atoms with E-state index in [0.717, 1.165) is 18.8 Å². The molecule has 3 nitrogen and oxygen atoms in total. The molecule has 0 saturated heterocycles. The summed E-state index contributed by atoms with van der Waals surface area (Å²) < 4.78 is 0. The van der Waals surface area contributed by atoms with Crippen LogP contribution in [-0.4, -0.2) is 11.6 Å². The summed E-state index contributed by atoms with van der Waals surface area (Å²) in [4.78, 5) is 28.0. The molecule has 0 aliphatic carbocycles. The van der Waals surface area contributed by atoms with E-state index >= 15 is 0 Å². The van der Waals surface area contributed by atoms with E-state index in [0.29, 0.717) is 11.1 Å². The monoisotopic (exact) mass is 433 g/mol. The molecule has 1 unspecified atom stereocenters. The van der Waals surface area contributed by atoms with Gasteiger partial charge in [-0.25, -0.2) is 0 Å². The van der Waals surface area contributed by atoms with Gasteiger partial charge < -0.3 is 4.90 Å². The molecule has 164 valence electrons. The zero-order chi connectivity index (χ0) is 23.0. The average molecular weight is 434 g/mol. The highest BCUT2D eigenvalue weighted by molar-refractivity contribution is 6.15. The van der Waals surface area contributed by atoms with E-state index in [1.54, 1.807) is 19.1 Å². The maximum atomic E-state index is 13.0. The van der Waals surface area contributed by atoms with E-state index in [2.05, 4.69) is 29.2 Å². The molecule has 33 heavy (non-hydrogen) atoms. The minimum absolute atomic E-state index is 0.153. The lowest BCUT2D eigenvalue weighted by atomic mass is 9.91. The summed E-state index contributed by atoms with van der Waals surface area (Å²) >= 11 is 0. The zero-order valence-electron chi connectivity index (χ0n) is 18.7. The van der Waals surface area contributed by atoms with Gasteiger partial charge in [-0.3, -0.25) is 9.59 Å². The number of benzene rings is 4. The van der Waals surface area contributed by atoms with Crippen LogP contribution in [0.4, 0.5) is 5.69 Å². The van der Waals surface area contributed by atoms with Crippen molar-refractivity contribution in [3.8, 4) is 0 Å². The van der Waals surface area contributed by atoms with Gasteiger partial charge in [0, 0.05) is 29.9 Å². The van der Waals surface area contributed by atoms with Gasteiger partial charge in [-0.15, -0.1) is 0 Å². The summed E-state index contributed by atoms with van der Waals surface area (Å²) in [5, 5.41) is 0. The lowest BCUT2D eigenvalue weighted by Gasteiger charge is -2.25. The van der Waals surface area contributed by atoms with Crippen molar-refractivity contribution < 1.29 is 9.59 Å². The minimum atomic E-state index is -0.719. The number of hydrogen-bond acceptors (Lipinski definition) is 3. The van der Waals surface area contributed by atoms with E-state index in [9.17, 15) is 9.59 Å². The number of carbonyl (C=O) groups excluding carboxylic acids is 2. The fraction of sp³-hybridized carbons (Fsp3) is 0.133. The molecule has 0 aromatic heterocycles. The molecule has 0 aliphatic rings. The highest BCUT2D eigenvalue weighted by Gasteiger charge is 2.24. The third kappa shape index (κ3) is 5.64. The molecule has 4 aromatic carbocycles. The van der Waals surface area contributed by atoms with Crippen molar-refractivity contribution in [1.82, 2.24) is 0 Å². The Morgan fingerprint density at radius 2 is 0.970 bits per heavy atom. The maximum absolute atomic E-state index is 13.0. The van der Waals surface area contributed by atoms with Crippen molar-refractivity contribution in [3.05, 3.63) is 138 Å². The molecule has 0 aliphatic heterocycles. The first-order chi connectivity index (χ1) is 16.1. The number of nitrogens with zero attached hydrogens (tertiary/aromatic N) is 1. The molecule has 0 saturated carbocycles. The van der Waals surface area contributed by atoms with Crippen LogP contribution in [0.1, 0.15) is 38.8 Å². The van der Waals surface area contributed by atoms with Gasteiger partial charge in [0.2, 0.25) is 0 Å². The average Bonchev–Trinajstić information content (AvgIpc) is 2.89. The highest BCUT2D eigenvalue weighted by atomic mass is 16.1. The van der Waals surface area contributed by atoms with Gasteiger partial charge in [0.1, 0.15) is 0 Å². The third-order valence-corrected chi connectivity index (χ3v) is 5.79. The van der Waals surface area contributed by atoms with Crippen LogP contribution in [0, 0.1) is 5.92 Å². The first-order valence-corrected chi connectivity index (χ1v) is 11.2. The Hall–Kier alpha value is -3.98. The van der Waals surface area contributed by atoms with Crippen LogP contribution >= 0.6 is 0 Å². The first-order valence-electron chi connectivity index (χ1n) is 11.2. The molecule has 1 atom stereocenters. The lowest BCUT2D eigenvalue weighted by molar-refractivity contribution is 0.0820. The summed E-state index contributed by atoms with van der Waals surface area (Å²) in [5.41, 5.74) is 4.58. The van der Waals surface area contributed by atoms with Crippen LogP contribution in [0.2, 0.25) is 0 Å². The first kappa shape index (κ1) is 22.2. The van der Waals surface area contributed by atoms with Gasteiger partial charge >= 0.3 is 0 Å². The van der Waals surface area contributed by atoms with E-state index in [1.165, 1.54) is 11.1 Å². The molecule has 0 N–H and O–H groups in total. The van der Waals surface area contributed by atoms with Gasteiger partial charge in [-0.1, -0.05) is 91.0 Å². The number of anilines is 1. The van der Waals surface area contributed by atoms with Crippen molar-refractivity contribution in [1.29, 1.82) is 0 Å². The molecule has 4 rings (SSSR count). The maximum Gasteiger partial charge on any atom is 0.173 e. The van der Waals surface area contributed by atoms with E-state index in [-0.39, 0.29) is 11.6 Å². The Balaban J connectivity index is 1.54. The second-order valence-electron chi connectivity index (χ2n) is 8.19. The van der Waals surface area contributed by atoms with E-state index < -0.39 is 5.92 Å². The number of Topliss-reactive ketones (excluding diaryl/α,β-unsaturated/α-hetero) is 2. The zero-order valence-corrected chi connectivity index (χ0v) is 18.7. The topological polar surface area (TPSA) is 37.4 Å². The largest absolute Gasteiger partial charge is 0.363 e. The SMILES string of the molecule is CC(C(=O)c1ccccc1)C(=O)c1ccc(N(Cc2ccccc2)Cc2ccccc2)cc1. The number of carbonyl (C=O) groups is 2. The Bertz CT molecular complexity index is 1150. The third-order valence-electron chi connectivity index (χ3n) is 5.79. The summed E-state index contributed by atoms with van der Waals surface area (Å²) in [5.74, 6) is -1.03. The van der Waals surface area contributed by atoms with Gasteiger partial charge in [0.15, 0.2) is 11.6 Å². The summed E-state index contributed by atoms with van der Waals surface area (Å²) in [6, 6.07) is 37.3. The predicted octanol–water partition coefficient (Wildman–Crippen LogP) is 6.60. The Morgan fingerprint density at radius 1 is 0.576 bits per heavy atom. The normalized spacial score (nSPS) is 11.5. The molecular formula is C30H27NO2. The van der Waals surface area contributed by atoms with Gasteiger partial charge in [0.25, 0.3) is 0 Å². The standard InChI is InChI=1S/C30H27NO2/c1-23(29(32)26-15-9-4-10-16-26)30(33)27-17-19-28(20-18-27)31(21-24-11-5-2-6-12-24)22-25-13-7-3-8-14-25/h2-20,23H,21-22H2,1H3. The van der Waals surface area contributed by atoms with Crippen molar-refractivity contribution in [3.63, 3.8) is 0 Å². The van der Waals surface area contributed by atoms with Crippen LogP contribution in [0.15, 0.2) is 115 Å². The van der Waals surface area contributed by atoms with Gasteiger partial charge in [0.05, 0.1) is 5.92 Å². The molecule has 0 fully saturated rings. The van der Waals surface area contributed by atoms with E-state index in [4.69, 9.17) is 0 Å². The second kappa shape index (κ2) is 10.6. The van der Waals surface area contributed by atoms with Crippen LogP contribution in [0.5, 0.6) is 0 Å². The van der Waals surface area contributed by atoms with Crippen LogP contribution in [0.3, 0.4) is 0 Å². The van der Waals surface area contributed by atoms with Gasteiger partial charge in [-0.2, -0.15) is 0 Å². The van der Waals surface area contributed by atoms with E-state index in [1.807, 2.05) is 78.9 Å². The number of rotatable bonds is 9. The van der Waals surface area contributed by atoms with Crippen LogP contribution in [0.25, 0.3) is 0 Å². The Morgan fingerprint density at radius 3 is 1.42 bits per heavy atom. The minimum Gasteiger partial charge on any atom is -0.363 e. The fourth-order valence-corrected chi connectivity index (χ4v) is 3.90. The van der Waals surface area contributed by atoms with Gasteiger partial charge in [-0.05, 0) is 42.3 Å².